The van der Waals surface area contributed by atoms with Gasteiger partial charge < -0.3 is 11.1 Å². The van der Waals surface area contributed by atoms with E-state index in [4.69, 9.17) is 5.73 Å². The molecule has 0 spiro atoms. The Labute approximate surface area is 96.2 Å². The Morgan fingerprint density at radius 1 is 1.50 bits per heavy atom. The van der Waals surface area contributed by atoms with E-state index in [0.29, 0.717) is 11.5 Å². The van der Waals surface area contributed by atoms with Gasteiger partial charge in [-0.3, -0.25) is 0 Å². The zero-order valence-corrected chi connectivity index (χ0v) is 8.93. The Bertz CT molecular complexity index is 525. The first kappa shape index (κ1) is 10.4. The molecule has 2 aromatic rings. The molecule has 0 radical (unpaired) electrons. The van der Waals surface area contributed by atoms with Gasteiger partial charge in [-0.05, 0) is 35.4 Å². The molecule has 82 valence electrons. The van der Waals surface area contributed by atoms with Crippen LogP contribution in [0.15, 0.2) is 24.3 Å². The Balaban J connectivity index is 2.36. The van der Waals surface area contributed by atoms with Crippen molar-refractivity contribution in [3.8, 4) is 11.4 Å². The number of benzene rings is 1. The normalized spacial score (nSPS) is 10.1. The lowest BCUT2D eigenvalue weighted by molar-refractivity contribution is 0.259. The number of nitrogens with zero attached hydrogens (tertiary/aromatic N) is 4. The topological polar surface area (TPSA) is 98.7 Å². The third-order valence-corrected chi connectivity index (χ3v) is 2.11. The summed E-state index contributed by atoms with van der Waals surface area (Å²) >= 11 is 4.03. The highest BCUT2D eigenvalue weighted by atomic mass is 32.1. The molecule has 0 unspecified atom stereocenters. The number of nitrogens with one attached hydrogen (secondary N) is 1. The highest BCUT2D eigenvalue weighted by Crippen LogP contribution is 2.20. The molecule has 0 aliphatic heterocycles. The van der Waals surface area contributed by atoms with Crippen molar-refractivity contribution >= 4 is 24.5 Å². The quantitative estimate of drug-likeness (QED) is 0.662. The lowest BCUT2D eigenvalue weighted by atomic mass is 10.2. The van der Waals surface area contributed by atoms with E-state index in [0.717, 1.165) is 5.56 Å². The minimum absolute atomic E-state index is 0.483. The van der Waals surface area contributed by atoms with E-state index in [1.54, 1.807) is 24.3 Å². The molecule has 0 saturated heterocycles. The smallest absolute Gasteiger partial charge is 0.316 e. The van der Waals surface area contributed by atoms with Crippen LogP contribution in [-0.4, -0.2) is 25.6 Å². The monoisotopic (exact) mass is 236 g/mol. The molecule has 7 nitrogen and oxygen atoms in total. The van der Waals surface area contributed by atoms with Crippen LogP contribution in [0.2, 0.25) is 0 Å². The zero-order valence-electron chi connectivity index (χ0n) is 8.03. The number of anilines is 1. The number of hydrogen-bond acceptors (Lipinski definition) is 5. The fourth-order valence-corrected chi connectivity index (χ4v) is 1.43. The summed E-state index contributed by atoms with van der Waals surface area (Å²) in [4.78, 5) is 10.7. The van der Waals surface area contributed by atoms with Gasteiger partial charge >= 0.3 is 6.03 Å². The Morgan fingerprint density at radius 3 is 2.94 bits per heavy atom. The Morgan fingerprint density at radius 2 is 2.31 bits per heavy atom. The third kappa shape index (κ3) is 2.11. The SMILES string of the molecule is NC(=O)Nc1cccc(-c2nnnn2S)c1. The molecular formula is C8H8N6OS. The second-order valence-corrected chi connectivity index (χ2v) is 3.34. The van der Waals surface area contributed by atoms with Crippen molar-refractivity contribution in [2.24, 2.45) is 5.73 Å². The van der Waals surface area contributed by atoms with Crippen LogP contribution < -0.4 is 11.1 Å². The molecule has 2 rings (SSSR count). The van der Waals surface area contributed by atoms with Gasteiger partial charge in [0.25, 0.3) is 0 Å². The van der Waals surface area contributed by atoms with E-state index < -0.39 is 6.03 Å². The second kappa shape index (κ2) is 4.19. The zero-order chi connectivity index (χ0) is 11.5. The second-order valence-electron chi connectivity index (χ2n) is 2.96. The molecule has 0 aliphatic carbocycles. The van der Waals surface area contributed by atoms with Crippen LogP contribution >= 0.6 is 12.8 Å². The summed E-state index contributed by atoms with van der Waals surface area (Å²) in [6, 6.07) is 6.33. The highest BCUT2D eigenvalue weighted by Gasteiger charge is 2.07. The maximum atomic E-state index is 10.7. The van der Waals surface area contributed by atoms with Crippen molar-refractivity contribution < 1.29 is 4.79 Å². The molecule has 0 aliphatic rings. The maximum Gasteiger partial charge on any atom is 0.316 e. The molecule has 1 aromatic heterocycles. The van der Waals surface area contributed by atoms with Gasteiger partial charge in [-0.15, -0.1) is 5.10 Å². The van der Waals surface area contributed by atoms with Crippen molar-refractivity contribution in [3.05, 3.63) is 24.3 Å². The fourth-order valence-electron chi connectivity index (χ4n) is 1.23. The summed E-state index contributed by atoms with van der Waals surface area (Å²) in [7, 11) is 0. The van der Waals surface area contributed by atoms with Crippen molar-refractivity contribution in [2.75, 3.05) is 5.32 Å². The van der Waals surface area contributed by atoms with Gasteiger partial charge in [-0.25, -0.2) is 4.79 Å². The van der Waals surface area contributed by atoms with Gasteiger partial charge in [0, 0.05) is 11.3 Å². The number of amides is 2. The van der Waals surface area contributed by atoms with E-state index in [-0.39, 0.29) is 0 Å². The fraction of sp³-hybridized carbons (Fsp3) is 0. The van der Waals surface area contributed by atoms with Crippen LogP contribution in [0.25, 0.3) is 11.4 Å². The lowest BCUT2D eigenvalue weighted by Gasteiger charge is -2.03. The molecule has 1 aromatic carbocycles. The first-order chi connectivity index (χ1) is 7.66. The largest absolute Gasteiger partial charge is 0.351 e. The summed E-state index contributed by atoms with van der Waals surface area (Å²) in [5, 5.41) is 13.3. The van der Waals surface area contributed by atoms with Crippen molar-refractivity contribution in [1.82, 2.24) is 19.6 Å². The Hall–Kier alpha value is -2.09. The van der Waals surface area contributed by atoms with E-state index in [1.165, 1.54) is 4.09 Å². The number of aromatic nitrogens is 4. The number of thiol groups is 1. The van der Waals surface area contributed by atoms with E-state index in [2.05, 4.69) is 33.7 Å². The maximum absolute atomic E-state index is 10.7. The third-order valence-electron chi connectivity index (χ3n) is 1.84. The molecule has 2 amide bonds. The summed E-state index contributed by atoms with van der Waals surface area (Å²) in [5.41, 5.74) is 6.31. The number of nitrogens with two attached hydrogens (primary N) is 1. The number of urea groups is 1. The summed E-state index contributed by atoms with van der Waals surface area (Å²) in [6.45, 7) is 0. The number of primary amides is 1. The van der Waals surface area contributed by atoms with Gasteiger partial charge in [-0.1, -0.05) is 12.1 Å². The van der Waals surface area contributed by atoms with Gasteiger partial charge in [-0.2, -0.15) is 4.09 Å². The van der Waals surface area contributed by atoms with Gasteiger partial charge in [0.1, 0.15) is 0 Å². The summed E-state index contributed by atoms with van der Waals surface area (Å²) < 4.78 is 1.24. The van der Waals surface area contributed by atoms with Gasteiger partial charge in [0.05, 0.1) is 0 Å². The Kier molecular flexibility index (Phi) is 2.73. The molecular weight excluding hydrogens is 228 g/mol. The number of rotatable bonds is 2. The molecule has 16 heavy (non-hydrogen) atoms. The van der Waals surface area contributed by atoms with E-state index >= 15 is 0 Å². The first-order valence-electron chi connectivity index (χ1n) is 4.31. The molecule has 3 N–H and O–H groups in total. The number of carbonyl (C=O) groups is 1. The first-order valence-corrected chi connectivity index (χ1v) is 4.71. The molecule has 1 heterocycles. The van der Waals surface area contributed by atoms with Crippen LogP contribution in [0.3, 0.4) is 0 Å². The van der Waals surface area contributed by atoms with Crippen LogP contribution in [0.1, 0.15) is 0 Å². The minimum atomic E-state index is -0.623. The minimum Gasteiger partial charge on any atom is -0.351 e. The summed E-state index contributed by atoms with van der Waals surface area (Å²) in [5.74, 6) is 0.483. The van der Waals surface area contributed by atoms with Crippen LogP contribution in [0.4, 0.5) is 10.5 Å². The lowest BCUT2D eigenvalue weighted by Crippen LogP contribution is -2.19. The average Bonchev–Trinajstić information content (AvgIpc) is 2.64. The number of hydrogen-bond donors (Lipinski definition) is 3. The number of tetrazole rings is 1. The molecule has 0 fully saturated rings. The van der Waals surface area contributed by atoms with E-state index in [9.17, 15) is 4.79 Å². The van der Waals surface area contributed by atoms with Gasteiger partial charge in [0.15, 0.2) is 5.82 Å². The van der Waals surface area contributed by atoms with Gasteiger partial charge in [0.2, 0.25) is 0 Å². The molecule has 0 saturated carbocycles. The number of carbonyl (C=O) groups excluding carboxylic acids is 1. The predicted octanol–water partition coefficient (Wildman–Crippen LogP) is 0.524. The highest BCUT2D eigenvalue weighted by molar-refractivity contribution is 7.78. The van der Waals surface area contributed by atoms with Crippen molar-refractivity contribution in [1.29, 1.82) is 0 Å². The van der Waals surface area contributed by atoms with E-state index in [1.807, 2.05) is 0 Å². The van der Waals surface area contributed by atoms with Crippen molar-refractivity contribution in [3.63, 3.8) is 0 Å². The molecule has 0 bridgehead atoms. The average molecular weight is 236 g/mol. The van der Waals surface area contributed by atoms with Crippen LogP contribution in [-0.2, 0) is 0 Å². The van der Waals surface area contributed by atoms with Crippen LogP contribution in [0.5, 0.6) is 0 Å². The molecule has 0 atom stereocenters. The summed E-state index contributed by atoms with van der Waals surface area (Å²) in [6.07, 6.45) is 0. The molecule has 8 heteroatoms. The van der Waals surface area contributed by atoms with Crippen LogP contribution in [0, 0.1) is 0 Å². The standard InChI is InChI=1S/C8H8N6OS/c9-8(15)10-6-3-1-2-5(4-6)7-11-12-13-14(7)16/h1-4,16H,(H3,9,10,15). The van der Waals surface area contributed by atoms with Crippen molar-refractivity contribution in [2.45, 2.75) is 0 Å². The predicted molar refractivity (Wildman–Crippen MR) is 60.8 cm³/mol.